The van der Waals surface area contributed by atoms with E-state index in [1.54, 1.807) is 13.2 Å². The Bertz CT molecular complexity index is 1130. The molecule has 1 aliphatic carbocycles. The first kappa shape index (κ1) is 15.7. The monoisotopic (exact) mass is 358 g/mol. The Morgan fingerprint density at radius 2 is 2.26 bits per heavy atom. The van der Waals surface area contributed by atoms with Gasteiger partial charge in [0.2, 0.25) is 0 Å². The molecular weight excluding hydrogens is 340 g/mol. The van der Waals surface area contributed by atoms with Gasteiger partial charge in [-0.15, -0.1) is 0 Å². The van der Waals surface area contributed by atoms with Crippen LogP contribution in [0, 0.1) is 0 Å². The van der Waals surface area contributed by atoms with Gasteiger partial charge in [0.1, 0.15) is 5.69 Å². The van der Waals surface area contributed by atoms with E-state index in [4.69, 9.17) is 4.42 Å². The second kappa shape index (κ2) is 6.35. The van der Waals surface area contributed by atoms with Crippen molar-refractivity contribution in [2.24, 2.45) is 4.99 Å². The van der Waals surface area contributed by atoms with E-state index in [2.05, 4.69) is 48.7 Å². The van der Waals surface area contributed by atoms with Crippen LogP contribution in [0.4, 0.5) is 5.69 Å². The average molecular weight is 358 g/mol. The first-order valence-corrected chi connectivity index (χ1v) is 8.86. The van der Waals surface area contributed by atoms with Crippen LogP contribution < -0.4 is 5.32 Å². The fourth-order valence-corrected chi connectivity index (χ4v) is 3.68. The number of aromatic nitrogens is 4. The highest BCUT2D eigenvalue weighted by Gasteiger charge is 2.24. The highest BCUT2D eigenvalue weighted by Crippen LogP contribution is 2.34. The van der Waals surface area contributed by atoms with E-state index >= 15 is 0 Å². The lowest BCUT2D eigenvalue weighted by molar-refractivity contribution is 0.570. The van der Waals surface area contributed by atoms with Crippen LogP contribution in [-0.2, 0) is 6.42 Å². The zero-order chi connectivity index (χ0) is 18.2. The number of nitrogens with zero attached hydrogens (tertiary/aromatic N) is 4. The Hall–Kier alpha value is -3.48. The fraction of sp³-hybridized carbons (Fsp3) is 0.200. The molecule has 27 heavy (non-hydrogen) atoms. The van der Waals surface area contributed by atoms with Crippen molar-refractivity contribution < 1.29 is 4.42 Å². The lowest BCUT2D eigenvalue weighted by Crippen LogP contribution is -2.08. The summed E-state index contributed by atoms with van der Waals surface area (Å²) in [6.45, 7) is 0. The summed E-state index contributed by atoms with van der Waals surface area (Å²) < 4.78 is 5.40. The Morgan fingerprint density at radius 1 is 1.30 bits per heavy atom. The fourth-order valence-electron chi connectivity index (χ4n) is 3.68. The standard InChI is InChI=1S/C20H18N6O/c1-21-8-12-6-13-2-4-17(19(13)23-9-12)24-14-3-5-16-15(7-14)20(26-25-16)18-10-22-11-27-18/h3,5-11,17,24H,2,4H2,1H3,(H,25,26)/b21-8-/t17-/m1/s1. The van der Waals surface area contributed by atoms with Crippen LogP contribution in [0.1, 0.15) is 29.3 Å². The van der Waals surface area contributed by atoms with Crippen molar-refractivity contribution in [1.29, 1.82) is 0 Å². The Kier molecular flexibility index (Phi) is 3.71. The van der Waals surface area contributed by atoms with E-state index in [9.17, 15) is 0 Å². The number of fused-ring (bicyclic) bond motifs is 2. The number of oxazole rings is 1. The molecule has 1 aromatic carbocycles. The topological polar surface area (TPSA) is 92.0 Å². The number of aryl methyl sites for hydroxylation is 1. The summed E-state index contributed by atoms with van der Waals surface area (Å²) in [7, 11) is 1.77. The lowest BCUT2D eigenvalue weighted by Gasteiger charge is -2.15. The van der Waals surface area contributed by atoms with Crippen LogP contribution in [0.5, 0.6) is 0 Å². The summed E-state index contributed by atoms with van der Waals surface area (Å²) in [6.07, 6.45) is 8.84. The number of hydrogen-bond donors (Lipinski definition) is 2. The van der Waals surface area contributed by atoms with Crippen molar-refractivity contribution >= 4 is 22.8 Å². The maximum absolute atomic E-state index is 5.40. The summed E-state index contributed by atoms with van der Waals surface area (Å²) in [4.78, 5) is 12.7. The molecule has 0 unspecified atom stereocenters. The summed E-state index contributed by atoms with van der Waals surface area (Å²) >= 11 is 0. The van der Waals surface area contributed by atoms with E-state index < -0.39 is 0 Å². The third-order valence-corrected chi connectivity index (χ3v) is 4.90. The number of aromatic amines is 1. The van der Waals surface area contributed by atoms with Crippen molar-refractivity contribution in [3.63, 3.8) is 0 Å². The molecule has 0 saturated carbocycles. The molecule has 1 atom stereocenters. The van der Waals surface area contributed by atoms with Crippen LogP contribution in [0.15, 0.2) is 52.5 Å². The van der Waals surface area contributed by atoms with Crippen LogP contribution in [-0.4, -0.2) is 33.4 Å². The van der Waals surface area contributed by atoms with Crippen LogP contribution in [0.3, 0.4) is 0 Å². The summed E-state index contributed by atoms with van der Waals surface area (Å²) in [5.41, 5.74) is 6.21. The second-order valence-electron chi connectivity index (χ2n) is 6.63. The van der Waals surface area contributed by atoms with Gasteiger partial charge in [0.15, 0.2) is 12.2 Å². The molecule has 3 heterocycles. The smallest absolute Gasteiger partial charge is 0.181 e. The molecule has 0 fully saturated rings. The normalized spacial score (nSPS) is 16.3. The molecule has 0 radical (unpaired) electrons. The Balaban J connectivity index is 1.45. The Morgan fingerprint density at radius 3 is 3.11 bits per heavy atom. The SMILES string of the molecule is C/N=C\c1cnc2c(c1)CC[C@H]2Nc1ccc2[nH]nc(-c3cnco3)c2c1. The van der Waals surface area contributed by atoms with Crippen LogP contribution >= 0.6 is 0 Å². The van der Waals surface area contributed by atoms with Gasteiger partial charge in [0.25, 0.3) is 0 Å². The van der Waals surface area contributed by atoms with Gasteiger partial charge in [-0.2, -0.15) is 5.10 Å². The van der Waals surface area contributed by atoms with E-state index in [0.717, 1.165) is 46.4 Å². The maximum Gasteiger partial charge on any atom is 0.181 e. The van der Waals surface area contributed by atoms with Gasteiger partial charge >= 0.3 is 0 Å². The zero-order valence-corrected chi connectivity index (χ0v) is 14.8. The van der Waals surface area contributed by atoms with Gasteiger partial charge in [-0.25, -0.2) is 4.98 Å². The molecule has 0 amide bonds. The van der Waals surface area contributed by atoms with Gasteiger partial charge in [-0.05, 0) is 42.7 Å². The molecule has 134 valence electrons. The number of anilines is 1. The maximum atomic E-state index is 5.40. The first-order chi connectivity index (χ1) is 13.3. The van der Waals surface area contributed by atoms with E-state index in [1.807, 2.05) is 18.5 Å². The van der Waals surface area contributed by atoms with Gasteiger partial charge < -0.3 is 9.73 Å². The molecule has 0 spiro atoms. The molecule has 0 aliphatic heterocycles. The molecule has 5 rings (SSSR count). The summed E-state index contributed by atoms with van der Waals surface area (Å²) in [6, 6.07) is 8.55. The second-order valence-corrected chi connectivity index (χ2v) is 6.63. The Labute approximate surface area is 155 Å². The predicted molar refractivity (Wildman–Crippen MR) is 104 cm³/mol. The van der Waals surface area contributed by atoms with Crippen molar-refractivity contribution in [2.75, 3.05) is 12.4 Å². The van der Waals surface area contributed by atoms with Crippen molar-refractivity contribution in [2.45, 2.75) is 18.9 Å². The van der Waals surface area contributed by atoms with Crippen LogP contribution in [0.2, 0.25) is 0 Å². The first-order valence-electron chi connectivity index (χ1n) is 8.86. The zero-order valence-electron chi connectivity index (χ0n) is 14.8. The number of pyridine rings is 1. The largest absolute Gasteiger partial charge is 0.442 e. The molecule has 0 saturated heterocycles. The molecule has 1 aliphatic rings. The summed E-state index contributed by atoms with van der Waals surface area (Å²) in [5, 5.41) is 12.0. The predicted octanol–water partition coefficient (Wildman–Crippen LogP) is 3.76. The number of hydrogen-bond acceptors (Lipinski definition) is 6. The third kappa shape index (κ3) is 2.77. The van der Waals surface area contributed by atoms with E-state index in [-0.39, 0.29) is 6.04 Å². The van der Waals surface area contributed by atoms with Gasteiger partial charge in [-0.3, -0.25) is 15.1 Å². The minimum Gasteiger partial charge on any atom is -0.442 e. The van der Waals surface area contributed by atoms with Crippen molar-refractivity contribution in [3.05, 3.63) is 59.9 Å². The number of rotatable bonds is 4. The number of benzene rings is 1. The quantitative estimate of drug-likeness (QED) is 0.542. The third-order valence-electron chi connectivity index (χ3n) is 4.90. The molecule has 2 N–H and O–H groups in total. The van der Waals surface area contributed by atoms with Gasteiger partial charge in [-0.1, -0.05) is 0 Å². The number of aliphatic imine (C=N–C) groups is 1. The molecular formula is C20H18N6O. The van der Waals surface area contributed by atoms with Gasteiger partial charge in [0.05, 0.1) is 23.4 Å². The summed E-state index contributed by atoms with van der Waals surface area (Å²) in [5.74, 6) is 0.649. The van der Waals surface area contributed by atoms with Crippen LogP contribution in [0.25, 0.3) is 22.4 Å². The highest BCUT2D eigenvalue weighted by atomic mass is 16.3. The van der Waals surface area contributed by atoms with E-state index in [1.165, 1.54) is 12.0 Å². The highest BCUT2D eigenvalue weighted by molar-refractivity contribution is 5.93. The minimum absolute atomic E-state index is 0.200. The van der Waals surface area contributed by atoms with Crippen molar-refractivity contribution in [1.82, 2.24) is 20.2 Å². The molecule has 4 aromatic rings. The van der Waals surface area contributed by atoms with Gasteiger partial charge in [0, 0.05) is 36.1 Å². The molecule has 7 heteroatoms. The average Bonchev–Trinajstić information content (AvgIpc) is 3.41. The molecule has 7 nitrogen and oxygen atoms in total. The molecule has 3 aromatic heterocycles. The minimum atomic E-state index is 0.200. The lowest BCUT2D eigenvalue weighted by atomic mass is 10.1. The van der Waals surface area contributed by atoms with E-state index in [0.29, 0.717) is 5.76 Å². The van der Waals surface area contributed by atoms with Crippen molar-refractivity contribution in [3.8, 4) is 11.5 Å². The number of nitrogens with one attached hydrogen (secondary N) is 2. The molecule has 0 bridgehead atoms. The number of H-pyrrole nitrogens is 1.